The van der Waals surface area contributed by atoms with Gasteiger partial charge in [0.15, 0.2) is 0 Å². The van der Waals surface area contributed by atoms with Gasteiger partial charge in [0.2, 0.25) is 0 Å². The number of rotatable bonds is 6. The van der Waals surface area contributed by atoms with Gasteiger partial charge in [0.1, 0.15) is 12.4 Å². The molecule has 2 N–H and O–H groups in total. The minimum atomic E-state index is 0.706. The Morgan fingerprint density at radius 3 is 2.76 bits per heavy atom. The lowest BCUT2D eigenvalue weighted by molar-refractivity contribution is 0.178. The van der Waals surface area contributed by atoms with Crippen LogP contribution >= 0.6 is 0 Å². The van der Waals surface area contributed by atoms with E-state index in [4.69, 9.17) is 10.5 Å². The summed E-state index contributed by atoms with van der Waals surface area (Å²) in [5.74, 6) is 1.71. The fraction of sp³-hybridized carbons (Fsp3) is 0.571. The molecule has 0 aliphatic heterocycles. The lowest BCUT2D eigenvalue weighted by atomic mass is 9.85. The first-order valence-corrected chi connectivity index (χ1v) is 6.41. The highest BCUT2D eigenvalue weighted by Crippen LogP contribution is 2.26. The molecule has 1 aromatic rings. The molecule has 1 saturated carbocycles. The highest BCUT2D eigenvalue weighted by Gasteiger charge is 2.18. The molecule has 0 amide bonds. The highest BCUT2D eigenvalue weighted by atomic mass is 16.5. The van der Waals surface area contributed by atoms with Crippen molar-refractivity contribution in [1.82, 2.24) is 4.90 Å². The van der Waals surface area contributed by atoms with Gasteiger partial charge in [-0.05, 0) is 37.9 Å². The van der Waals surface area contributed by atoms with Crippen molar-refractivity contribution in [1.29, 1.82) is 0 Å². The molecule has 0 radical (unpaired) electrons. The molecule has 0 atom stereocenters. The van der Waals surface area contributed by atoms with Gasteiger partial charge in [0, 0.05) is 13.1 Å². The summed E-state index contributed by atoms with van der Waals surface area (Å²) in [6.07, 6.45) is 4.21. The lowest BCUT2D eigenvalue weighted by Crippen LogP contribution is -2.32. The van der Waals surface area contributed by atoms with Crippen molar-refractivity contribution in [2.24, 2.45) is 5.92 Å². The molecule has 0 aromatic heterocycles. The van der Waals surface area contributed by atoms with Crippen LogP contribution in [0.2, 0.25) is 0 Å². The van der Waals surface area contributed by atoms with Crippen LogP contribution in [0.25, 0.3) is 0 Å². The molecule has 0 heterocycles. The average Bonchev–Trinajstić information content (AvgIpc) is 2.26. The van der Waals surface area contributed by atoms with Gasteiger partial charge in [-0.3, -0.25) is 0 Å². The molecule has 1 aromatic carbocycles. The fourth-order valence-corrected chi connectivity index (χ4v) is 2.13. The summed E-state index contributed by atoms with van der Waals surface area (Å²) in [6.45, 7) is 2.87. The normalized spacial score (nSPS) is 15.9. The zero-order valence-electron chi connectivity index (χ0n) is 10.6. The quantitative estimate of drug-likeness (QED) is 0.768. The Bertz CT molecular complexity index is 350. The van der Waals surface area contributed by atoms with Gasteiger partial charge in [0.05, 0.1) is 5.69 Å². The van der Waals surface area contributed by atoms with Crippen LogP contribution in [-0.2, 0) is 0 Å². The molecule has 17 heavy (non-hydrogen) atoms. The van der Waals surface area contributed by atoms with Crippen LogP contribution in [0.4, 0.5) is 5.69 Å². The summed E-state index contributed by atoms with van der Waals surface area (Å²) in [6, 6.07) is 7.66. The van der Waals surface area contributed by atoms with E-state index in [1.165, 1.54) is 25.8 Å². The molecule has 3 nitrogen and oxygen atoms in total. The van der Waals surface area contributed by atoms with Crippen molar-refractivity contribution >= 4 is 5.69 Å². The number of hydrogen-bond acceptors (Lipinski definition) is 3. The SMILES string of the molecule is CN(CCOc1ccccc1N)CC1CCC1. The van der Waals surface area contributed by atoms with Gasteiger partial charge in [-0.1, -0.05) is 18.6 Å². The van der Waals surface area contributed by atoms with E-state index in [1.54, 1.807) is 0 Å². The number of nitrogen functional groups attached to an aromatic ring is 1. The summed E-state index contributed by atoms with van der Waals surface area (Å²) in [5.41, 5.74) is 6.53. The molecule has 1 fully saturated rings. The van der Waals surface area contributed by atoms with Crippen molar-refractivity contribution < 1.29 is 4.74 Å². The smallest absolute Gasteiger partial charge is 0.142 e. The molecule has 0 bridgehead atoms. The zero-order valence-corrected chi connectivity index (χ0v) is 10.6. The molecule has 3 heteroatoms. The predicted molar refractivity (Wildman–Crippen MR) is 71.2 cm³/mol. The maximum Gasteiger partial charge on any atom is 0.142 e. The average molecular weight is 234 g/mol. The third-order valence-electron chi connectivity index (χ3n) is 3.44. The summed E-state index contributed by atoms with van der Waals surface area (Å²) in [4.78, 5) is 2.35. The lowest BCUT2D eigenvalue weighted by Gasteiger charge is -2.30. The van der Waals surface area contributed by atoms with E-state index >= 15 is 0 Å². The van der Waals surface area contributed by atoms with Gasteiger partial charge in [-0.15, -0.1) is 0 Å². The molecule has 1 aliphatic rings. The molecule has 0 saturated heterocycles. The van der Waals surface area contributed by atoms with E-state index < -0.39 is 0 Å². The maximum atomic E-state index is 5.81. The Morgan fingerprint density at radius 1 is 1.35 bits per heavy atom. The van der Waals surface area contributed by atoms with Crippen LogP contribution in [0.3, 0.4) is 0 Å². The number of para-hydroxylation sites is 2. The van der Waals surface area contributed by atoms with Crippen LogP contribution in [0.1, 0.15) is 19.3 Å². The van der Waals surface area contributed by atoms with Crippen LogP contribution in [-0.4, -0.2) is 31.6 Å². The monoisotopic (exact) mass is 234 g/mol. The van der Waals surface area contributed by atoms with Gasteiger partial charge in [0.25, 0.3) is 0 Å². The van der Waals surface area contributed by atoms with Crippen LogP contribution in [0, 0.1) is 5.92 Å². The first-order chi connectivity index (χ1) is 8.25. The first-order valence-electron chi connectivity index (χ1n) is 6.41. The van der Waals surface area contributed by atoms with Gasteiger partial charge in [-0.25, -0.2) is 0 Å². The maximum absolute atomic E-state index is 5.81. The molecular formula is C14H22N2O. The standard InChI is InChI=1S/C14H22N2O/c1-16(11-12-5-4-6-12)9-10-17-14-8-3-2-7-13(14)15/h2-3,7-8,12H,4-6,9-11,15H2,1H3. The summed E-state index contributed by atoms with van der Waals surface area (Å²) in [7, 11) is 2.16. The minimum Gasteiger partial charge on any atom is -0.490 e. The molecule has 94 valence electrons. The topological polar surface area (TPSA) is 38.5 Å². The van der Waals surface area contributed by atoms with E-state index in [1.807, 2.05) is 24.3 Å². The molecule has 0 unspecified atom stereocenters. The third-order valence-corrected chi connectivity index (χ3v) is 3.44. The Kier molecular flexibility index (Phi) is 4.26. The number of likely N-dealkylation sites (N-methyl/N-ethyl adjacent to an activating group) is 1. The fourth-order valence-electron chi connectivity index (χ4n) is 2.13. The second-order valence-corrected chi connectivity index (χ2v) is 4.95. The Hall–Kier alpha value is -1.22. The molecule has 2 rings (SSSR count). The minimum absolute atomic E-state index is 0.706. The van der Waals surface area contributed by atoms with Gasteiger partial charge in [-0.2, -0.15) is 0 Å². The van der Waals surface area contributed by atoms with Gasteiger partial charge >= 0.3 is 0 Å². The third kappa shape index (κ3) is 3.63. The predicted octanol–water partition coefficient (Wildman–Crippen LogP) is 2.38. The summed E-state index contributed by atoms with van der Waals surface area (Å²) < 4.78 is 5.67. The molecular weight excluding hydrogens is 212 g/mol. The number of anilines is 1. The first kappa shape index (κ1) is 12.2. The highest BCUT2D eigenvalue weighted by molar-refractivity contribution is 5.51. The molecule has 0 spiro atoms. The van der Waals surface area contributed by atoms with Crippen LogP contribution < -0.4 is 10.5 Å². The number of nitrogens with two attached hydrogens (primary N) is 1. The number of hydrogen-bond donors (Lipinski definition) is 1. The van der Waals surface area contributed by atoms with Crippen LogP contribution in [0.15, 0.2) is 24.3 Å². The second-order valence-electron chi connectivity index (χ2n) is 4.95. The zero-order chi connectivity index (χ0) is 12.1. The van der Waals surface area contributed by atoms with E-state index in [0.717, 1.165) is 18.2 Å². The van der Waals surface area contributed by atoms with E-state index in [2.05, 4.69) is 11.9 Å². The van der Waals surface area contributed by atoms with E-state index in [9.17, 15) is 0 Å². The molecule has 1 aliphatic carbocycles. The number of ether oxygens (including phenoxy) is 1. The largest absolute Gasteiger partial charge is 0.490 e. The van der Waals surface area contributed by atoms with Crippen molar-refractivity contribution in [2.45, 2.75) is 19.3 Å². The van der Waals surface area contributed by atoms with E-state index in [0.29, 0.717) is 12.3 Å². The van der Waals surface area contributed by atoms with Crippen LogP contribution in [0.5, 0.6) is 5.75 Å². The van der Waals surface area contributed by atoms with Crippen molar-refractivity contribution in [3.8, 4) is 5.75 Å². The van der Waals surface area contributed by atoms with E-state index in [-0.39, 0.29) is 0 Å². The Morgan fingerprint density at radius 2 is 2.12 bits per heavy atom. The van der Waals surface area contributed by atoms with Crippen molar-refractivity contribution in [3.63, 3.8) is 0 Å². The Balaban J connectivity index is 1.66. The van der Waals surface area contributed by atoms with Gasteiger partial charge < -0.3 is 15.4 Å². The summed E-state index contributed by atoms with van der Waals surface area (Å²) >= 11 is 0. The van der Waals surface area contributed by atoms with Crippen molar-refractivity contribution in [3.05, 3.63) is 24.3 Å². The van der Waals surface area contributed by atoms with Crippen molar-refractivity contribution in [2.75, 3.05) is 32.5 Å². The summed E-state index contributed by atoms with van der Waals surface area (Å²) in [5, 5.41) is 0. The Labute approximate surface area is 104 Å². The number of benzene rings is 1. The second kappa shape index (κ2) is 5.92. The number of nitrogens with zero attached hydrogens (tertiary/aromatic N) is 1.